The molecule has 0 atom stereocenters. The Morgan fingerprint density at radius 1 is 1.13 bits per heavy atom. The number of rotatable bonds is 8. The summed E-state index contributed by atoms with van der Waals surface area (Å²) in [6.07, 6.45) is 3.47. The Hall–Kier alpha value is -3.54. The van der Waals surface area contributed by atoms with E-state index in [1.807, 2.05) is 24.4 Å². The molecule has 4 aromatic rings. The fourth-order valence-electron chi connectivity index (χ4n) is 3.48. The molecule has 0 aliphatic carbocycles. The molecule has 6 heteroatoms. The molecule has 2 aromatic heterocycles. The SMILES string of the molecule is COc1ccc2c(CCNC(=O)CCc3ccc(-c4ccccc4F)o3)c[nH]c2c1. The molecule has 4 rings (SSSR count). The summed E-state index contributed by atoms with van der Waals surface area (Å²) in [6.45, 7) is 0.552. The molecule has 0 bridgehead atoms. The van der Waals surface area contributed by atoms with E-state index in [1.54, 1.807) is 37.4 Å². The molecule has 2 heterocycles. The molecule has 0 fully saturated rings. The first-order chi connectivity index (χ1) is 14.6. The van der Waals surface area contributed by atoms with Crippen LogP contribution in [0.1, 0.15) is 17.7 Å². The van der Waals surface area contributed by atoms with Gasteiger partial charge in [0.1, 0.15) is 23.1 Å². The summed E-state index contributed by atoms with van der Waals surface area (Å²) in [5, 5.41) is 4.07. The van der Waals surface area contributed by atoms with Gasteiger partial charge in [-0.15, -0.1) is 0 Å². The maximum atomic E-state index is 13.9. The van der Waals surface area contributed by atoms with Gasteiger partial charge in [0.15, 0.2) is 0 Å². The molecule has 0 aliphatic rings. The number of ether oxygens (including phenoxy) is 1. The summed E-state index contributed by atoms with van der Waals surface area (Å²) in [6, 6.07) is 15.9. The van der Waals surface area contributed by atoms with Crippen molar-refractivity contribution in [1.29, 1.82) is 0 Å². The van der Waals surface area contributed by atoms with Gasteiger partial charge in [-0.25, -0.2) is 4.39 Å². The number of carbonyl (C=O) groups is 1. The highest BCUT2D eigenvalue weighted by Crippen LogP contribution is 2.25. The van der Waals surface area contributed by atoms with Gasteiger partial charge in [0.05, 0.1) is 12.7 Å². The third kappa shape index (κ3) is 4.38. The topological polar surface area (TPSA) is 67.3 Å². The van der Waals surface area contributed by atoms with Gasteiger partial charge >= 0.3 is 0 Å². The lowest BCUT2D eigenvalue weighted by Crippen LogP contribution is -2.25. The molecule has 30 heavy (non-hydrogen) atoms. The lowest BCUT2D eigenvalue weighted by atomic mass is 10.1. The molecule has 0 saturated heterocycles. The van der Waals surface area contributed by atoms with E-state index in [9.17, 15) is 9.18 Å². The molecule has 0 radical (unpaired) electrons. The van der Waals surface area contributed by atoms with Crippen molar-refractivity contribution in [2.75, 3.05) is 13.7 Å². The van der Waals surface area contributed by atoms with E-state index in [-0.39, 0.29) is 11.7 Å². The Labute approximate surface area is 173 Å². The zero-order chi connectivity index (χ0) is 20.9. The predicted molar refractivity (Wildman–Crippen MR) is 114 cm³/mol. The summed E-state index contributed by atoms with van der Waals surface area (Å²) in [5.74, 6) is 1.57. The van der Waals surface area contributed by atoms with Crippen molar-refractivity contribution in [2.24, 2.45) is 0 Å². The minimum atomic E-state index is -0.327. The normalized spacial score (nSPS) is 11.0. The summed E-state index contributed by atoms with van der Waals surface area (Å²) in [7, 11) is 1.64. The van der Waals surface area contributed by atoms with Crippen LogP contribution in [-0.2, 0) is 17.6 Å². The number of carbonyl (C=O) groups excluding carboxylic acids is 1. The van der Waals surface area contributed by atoms with Gasteiger partial charge in [0.25, 0.3) is 0 Å². The van der Waals surface area contributed by atoms with Crippen LogP contribution >= 0.6 is 0 Å². The number of amides is 1. The fourth-order valence-corrected chi connectivity index (χ4v) is 3.48. The number of H-pyrrole nitrogens is 1. The van der Waals surface area contributed by atoms with Gasteiger partial charge in [0, 0.05) is 42.6 Å². The number of methoxy groups -OCH3 is 1. The van der Waals surface area contributed by atoms with Crippen molar-refractivity contribution < 1.29 is 18.3 Å². The molecule has 154 valence electrons. The van der Waals surface area contributed by atoms with Crippen LogP contribution in [0.2, 0.25) is 0 Å². The lowest BCUT2D eigenvalue weighted by Gasteiger charge is -2.05. The number of hydrogen-bond donors (Lipinski definition) is 2. The molecule has 2 aromatic carbocycles. The maximum absolute atomic E-state index is 13.9. The molecule has 0 aliphatic heterocycles. The Morgan fingerprint density at radius 2 is 2.00 bits per heavy atom. The van der Waals surface area contributed by atoms with Gasteiger partial charge in [0.2, 0.25) is 5.91 Å². The van der Waals surface area contributed by atoms with Crippen LogP contribution in [0.25, 0.3) is 22.2 Å². The minimum Gasteiger partial charge on any atom is -0.497 e. The quantitative estimate of drug-likeness (QED) is 0.439. The largest absolute Gasteiger partial charge is 0.497 e. The number of fused-ring (bicyclic) bond motifs is 1. The number of aromatic amines is 1. The van der Waals surface area contributed by atoms with Crippen LogP contribution < -0.4 is 10.1 Å². The van der Waals surface area contributed by atoms with Gasteiger partial charge < -0.3 is 19.5 Å². The summed E-state index contributed by atoms with van der Waals surface area (Å²) in [4.78, 5) is 15.4. The van der Waals surface area contributed by atoms with Crippen molar-refractivity contribution in [3.05, 3.63) is 77.9 Å². The Balaban J connectivity index is 1.26. The lowest BCUT2D eigenvalue weighted by molar-refractivity contribution is -0.121. The number of halogens is 1. The average Bonchev–Trinajstić information content (AvgIpc) is 3.39. The number of benzene rings is 2. The molecule has 0 saturated carbocycles. The fraction of sp³-hybridized carbons (Fsp3) is 0.208. The molecular formula is C24H23FN2O3. The Kier molecular flexibility index (Phi) is 5.84. The molecule has 1 amide bonds. The summed E-state index contributed by atoms with van der Waals surface area (Å²) >= 11 is 0. The van der Waals surface area contributed by atoms with Gasteiger partial charge in [-0.2, -0.15) is 0 Å². The number of aryl methyl sites for hydroxylation is 1. The van der Waals surface area contributed by atoms with E-state index in [2.05, 4.69) is 10.3 Å². The Bertz CT molecular complexity index is 1160. The highest BCUT2D eigenvalue weighted by molar-refractivity contribution is 5.84. The zero-order valence-electron chi connectivity index (χ0n) is 16.7. The second-order valence-corrected chi connectivity index (χ2v) is 7.07. The molecule has 0 unspecified atom stereocenters. The van der Waals surface area contributed by atoms with E-state index in [0.717, 1.165) is 28.6 Å². The zero-order valence-corrected chi connectivity index (χ0v) is 16.7. The minimum absolute atomic E-state index is 0.0413. The van der Waals surface area contributed by atoms with Crippen LogP contribution in [0.3, 0.4) is 0 Å². The highest BCUT2D eigenvalue weighted by Gasteiger charge is 2.11. The van der Waals surface area contributed by atoms with Crippen LogP contribution in [0.5, 0.6) is 5.75 Å². The van der Waals surface area contributed by atoms with Crippen molar-refractivity contribution >= 4 is 16.8 Å². The van der Waals surface area contributed by atoms with E-state index < -0.39 is 0 Å². The maximum Gasteiger partial charge on any atom is 0.220 e. The number of hydrogen-bond acceptors (Lipinski definition) is 3. The van der Waals surface area contributed by atoms with Crippen LogP contribution in [0.15, 0.2) is 65.2 Å². The molecular weight excluding hydrogens is 383 g/mol. The first-order valence-corrected chi connectivity index (χ1v) is 9.88. The third-order valence-electron chi connectivity index (χ3n) is 5.09. The smallest absolute Gasteiger partial charge is 0.220 e. The van der Waals surface area contributed by atoms with E-state index in [1.165, 1.54) is 6.07 Å². The third-order valence-corrected chi connectivity index (χ3v) is 5.09. The van der Waals surface area contributed by atoms with E-state index in [0.29, 0.717) is 36.5 Å². The Morgan fingerprint density at radius 3 is 2.83 bits per heavy atom. The average molecular weight is 406 g/mol. The molecule has 5 nitrogen and oxygen atoms in total. The van der Waals surface area contributed by atoms with Gasteiger partial charge in [-0.05, 0) is 48.4 Å². The first kappa shape index (κ1) is 19.8. The van der Waals surface area contributed by atoms with E-state index >= 15 is 0 Å². The number of furan rings is 1. The highest BCUT2D eigenvalue weighted by atomic mass is 19.1. The first-order valence-electron chi connectivity index (χ1n) is 9.88. The molecule has 0 spiro atoms. The monoisotopic (exact) mass is 406 g/mol. The summed E-state index contributed by atoms with van der Waals surface area (Å²) < 4.78 is 24.8. The molecule has 2 N–H and O–H groups in total. The van der Waals surface area contributed by atoms with Crippen molar-refractivity contribution in [3.8, 4) is 17.1 Å². The van der Waals surface area contributed by atoms with Gasteiger partial charge in [-0.3, -0.25) is 4.79 Å². The predicted octanol–water partition coefficient (Wildman–Crippen LogP) is 4.87. The second-order valence-electron chi connectivity index (χ2n) is 7.07. The number of nitrogens with one attached hydrogen (secondary N) is 2. The number of aromatic nitrogens is 1. The summed E-state index contributed by atoms with van der Waals surface area (Å²) in [5.41, 5.74) is 2.58. The standard InChI is InChI=1S/C24H23FN2O3/c1-29-18-6-9-19-16(15-27-22(19)14-18)12-13-26-24(28)11-8-17-7-10-23(30-17)20-4-2-3-5-21(20)25/h2-7,9-10,14-15,27H,8,11-13H2,1H3,(H,26,28). The van der Waals surface area contributed by atoms with Crippen LogP contribution in [0.4, 0.5) is 4.39 Å². The van der Waals surface area contributed by atoms with Crippen molar-refractivity contribution in [1.82, 2.24) is 10.3 Å². The van der Waals surface area contributed by atoms with E-state index in [4.69, 9.17) is 9.15 Å². The van der Waals surface area contributed by atoms with Crippen LogP contribution in [0, 0.1) is 5.82 Å². The second kappa shape index (κ2) is 8.86. The van der Waals surface area contributed by atoms with Crippen LogP contribution in [-0.4, -0.2) is 24.5 Å². The van der Waals surface area contributed by atoms with Gasteiger partial charge in [-0.1, -0.05) is 12.1 Å². The van der Waals surface area contributed by atoms with Crippen molar-refractivity contribution in [3.63, 3.8) is 0 Å². The van der Waals surface area contributed by atoms with Crippen molar-refractivity contribution in [2.45, 2.75) is 19.3 Å².